The van der Waals surface area contributed by atoms with E-state index in [-0.39, 0.29) is 11.7 Å². The van der Waals surface area contributed by atoms with Gasteiger partial charge in [0.15, 0.2) is 11.0 Å². The lowest BCUT2D eigenvalue weighted by atomic mass is 10.2. The summed E-state index contributed by atoms with van der Waals surface area (Å²) in [6.45, 7) is 2.84. The lowest BCUT2D eigenvalue weighted by Gasteiger charge is -2.11. The first-order chi connectivity index (χ1) is 16.6. The number of aryl methyl sites for hydroxylation is 1. The van der Waals surface area contributed by atoms with Crippen molar-refractivity contribution in [2.75, 3.05) is 26.0 Å². The molecule has 4 aromatic rings. The highest BCUT2D eigenvalue weighted by Gasteiger charge is 2.17. The molecule has 0 aliphatic heterocycles. The predicted octanol–water partition coefficient (Wildman–Crippen LogP) is 4.54. The van der Waals surface area contributed by atoms with Crippen molar-refractivity contribution in [2.24, 2.45) is 0 Å². The number of methoxy groups -OCH3 is 1. The van der Waals surface area contributed by atoms with Crippen LogP contribution in [0.5, 0.6) is 11.5 Å². The van der Waals surface area contributed by atoms with Gasteiger partial charge in [-0.3, -0.25) is 9.36 Å². The fraction of sp³-hybridized carbons (Fsp3) is 0.192. The maximum absolute atomic E-state index is 12.4. The zero-order chi connectivity index (χ0) is 23.8. The van der Waals surface area contributed by atoms with Crippen molar-refractivity contribution in [3.8, 4) is 28.6 Å². The van der Waals surface area contributed by atoms with Gasteiger partial charge in [0.1, 0.15) is 18.1 Å². The summed E-state index contributed by atoms with van der Waals surface area (Å²) in [7, 11) is 1.63. The van der Waals surface area contributed by atoms with Gasteiger partial charge in [-0.1, -0.05) is 42.1 Å². The average molecular weight is 475 g/mol. The second-order valence-electron chi connectivity index (χ2n) is 7.51. The first-order valence-electron chi connectivity index (χ1n) is 10.9. The van der Waals surface area contributed by atoms with Gasteiger partial charge in [-0.05, 0) is 61.0 Å². The summed E-state index contributed by atoms with van der Waals surface area (Å²) < 4.78 is 12.9. The third kappa shape index (κ3) is 5.96. The molecule has 0 bridgehead atoms. The van der Waals surface area contributed by atoms with Crippen molar-refractivity contribution in [1.82, 2.24) is 20.1 Å². The molecule has 1 heterocycles. The third-order valence-electron chi connectivity index (χ3n) is 5.01. The van der Waals surface area contributed by atoms with Gasteiger partial charge in [0.05, 0.1) is 19.4 Å². The number of ether oxygens (including phenoxy) is 2. The molecule has 0 unspecified atom stereocenters. The zero-order valence-corrected chi connectivity index (χ0v) is 19.9. The van der Waals surface area contributed by atoms with E-state index in [2.05, 4.69) is 15.5 Å². The molecule has 0 aliphatic carbocycles. The number of rotatable bonds is 10. The van der Waals surface area contributed by atoms with Gasteiger partial charge in [-0.2, -0.15) is 0 Å². The van der Waals surface area contributed by atoms with Crippen molar-refractivity contribution in [3.63, 3.8) is 0 Å². The predicted molar refractivity (Wildman–Crippen MR) is 134 cm³/mol. The van der Waals surface area contributed by atoms with E-state index in [1.807, 2.05) is 90.4 Å². The molecule has 34 heavy (non-hydrogen) atoms. The minimum absolute atomic E-state index is 0.0912. The Balaban J connectivity index is 1.40. The topological polar surface area (TPSA) is 78.3 Å². The monoisotopic (exact) mass is 474 g/mol. The molecule has 8 heteroatoms. The molecule has 1 N–H and O–H groups in total. The molecule has 1 amide bonds. The van der Waals surface area contributed by atoms with Gasteiger partial charge >= 0.3 is 0 Å². The Morgan fingerprint density at radius 3 is 2.50 bits per heavy atom. The molecular formula is C26H26N4O3S. The molecule has 0 atom stereocenters. The second kappa shape index (κ2) is 11.4. The quantitative estimate of drug-likeness (QED) is 0.269. The third-order valence-corrected chi connectivity index (χ3v) is 5.94. The number of hydrogen-bond donors (Lipinski definition) is 1. The summed E-state index contributed by atoms with van der Waals surface area (Å²) in [5.74, 6) is 2.39. The summed E-state index contributed by atoms with van der Waals surface area (Å²) in [4.78, 5) is 12.4. The van der Waals surface area contributed by atoms with Crippen LogP contribution in [0.4, 0.5) is 0 Å². The summed E-state index contributed by atoms with van der Waals surface area (Å²) in [5.41, 5.74) is 2.96. The normalized spacial score (nSPS) is 10.6. The molecule has 0 radical (unpaired) electrons. The molecule has 0 fully saturated rings. The standard InChI is InChI=1S/C26H26N4O3S/c1-19-7-6-10-23(17-19)33-16-15-27-24(31)18-34-26-29-28-25(20-11-13-22(32-2)14-12-20)30(26)21-8-4-3-5-9-21/h3-14,17H,15-16,18H2,1-2H3,(H,27,31). The van der Waals surface area contributed by atoms with E-state index >= 15 is 0 Å². The molecule has 7 nitrogen and oxygen atoms in total. The Morgan fingerprint density at radius 1 is 0.971 bits per heavy atom. The maximum Gasteiger partial charge on any atom is 0.230 e. The van der Waals surface area contributed by atoms with E-state index in [1.165, 1.54) is 11.8 Å². The highest BCUT2D eigenvalue weighted by Crippen LogP contribution is 2.28. The number of thioether (sulfide) groups is 1. The number of benzene rings is 3. The van der Waals surface area contributed by atoms with Crippen LogP contribution in [0.2, 0.25) is 0 Å². The Kier molecular flexibility index (Phi) is 7.83. The van der Waals surface area contributed by atoms with Crippen molar-refractivity contribution in [1.29, 1.82) is 0 Å². The molecule has 174 valence electrons. The number of carbonyl (C=O) groups is 1. The lowest BCUT2D eigenvalue weighted by Crippen LogP contribution is -2.29. The van der Waals surface area contributed by atoms with E-state index in [9.17, 15) is 4.79 Å². The van der Waals surface area contributed by atoms with Crippen LogP contribution in [0.25, 0.3) is 17.1 Å². The smallest absolute Gasteiger partial charge is 0.230 e. The largest absolute Gasteiger partial charge is 0.497 e. The number of hydrogen-bond acceptors (Lipinski definition) is 6. The van der Waals surface area contributed by atoms with Crippen LogP contribution in [0.1, 0.15) is 5.56 Å². The van der Waals surface area contributed by atoms with Crippen LogP contribution in [0.15, 0.2) is 84.0 Å². The fourth-order valence-electron chi connectivity index (χ4n) is 3.35. The summed E-state index contributed by atoms with van der Waals surface area (Å²) >= 11 is 1.34. The highest BCUT2D eigenvalue weighted by atomic mass is 32.2. The van der Waals surface area contributed by atoms with Gasteiger partial charge in [-0.15, -0.1) is 10.2 Å². The van der Waals surface area contributed by atoms with Crippen LogP contribution >= 0.6 is 11.8 Å². The first kappa shape index (κ1) is 23.4. The fourth-order valence-corrected chi connectivity index (χ4v) is 4.13. The molecule has 1 aromatic heterocycles. The minimum atomic E-state index is -0.0912. The van der Waals surface area contributed by atoms with Crippen molar-refractivity contribution < 1.29 is 14.3 Å². The molecule has 0 aliphatic rings. The van der Waals surface area contributed by atoms with Gasteiger partial charge in [-0.25, -0.2) is 0 Å². The number of nitrogens with one attached hydrogen (secondary N) is 1. The first-order valence-corrected chi connectivity index (χ1v) is 11.9. The molecule has 0 saturated carbocycles. The number of para-hydroxylation sites is 1. The molecule has 4 rings (SSSR count). The van der Waals surface area contributed by atoms with E-state index in [1.54, 1.807) is 7.11 Å². The number of amides is 1. The van der Waals surface area contributed by atoms with Gasteiger partial charge in [0.25, 0.3) is 0 Å². The Bertz CT molecular complexity index is 1230. The zero-order valence-electron chi connectivity index (χ0n) is 19.1. The molecular weight excluding hydrogens is 448 g/mol. The molecule has 3 aromatic carbocycles. The van der Waals surface area contributed by atoms with Crippen LogP contribution < -0.4 is 14.8 Å². The SMILES string of the molecule is COc1ccc(-c2nnc(SCC(=O)NCCOc3cccc(C)c3)n2-c2ccccc2)cc1. The number of carbonyl (C=O) groups excluding carboxylic acids is 1. The van der Waals surface area contributed by atoms with Crippen LogP contribution in [0, 0.1) is 6.92 Å². The van der Waals surface area contributed by atoms with E-state index in [0.717, 1.165) is 28.3 Å². The Hall–Kier alpha value is -3.78. The number of aromatic nitrogens is 3. The van der Waals surface area contributed by atoms with Gasteiger partial charge < -0.3 is 14.8 Å². The number of nitrogens with zero attached hydrogens (tertiary/aromatic N) is 3. The van der Waals surface area contributed by atoms with Gasteiger partial charge in [0, 0.05) is 11.3 Å². The lowest BCUT2D eigenvalue weighted by molar-refractivity contribution is -0.118. The van der Waals surface area contributed by atoms with Crippen LogP contribution in [-0.4, -0.2) is 46.7 Å². The Labute approximate surface area is 203 Å². The van der Waals surface area contributed by atoms with E-state index in [4.69, 9.17) is 9.47 Å². The summed E-state index contributed by atoms with van der Waals surface area (Å²) in [6.07, 6.45) is 0. The van der Waals surface area contributed by atoms with Crippen molar-refractivity contribution in [2.45, 2.75) is 12.1 Å². The summed E-state index contributed by atoms with van der Waals surface area (Å²) in [5, 5.41) is 12.3. The minimum Gasteiger partial charge on any atom is -0.497 e. The average Bonchev–Trinajstić information content (AvgIpc) is 3.30. The van der Waals surface area contributed by atoms with E-state index in [0.29, 0.717) is 24.1 Å². The molecule has 0 saturated heterocycles. The van der Waals surface area contributed by atoms with Crippen LogP contribution in [0.3, 0.4) is 0 Å². The Morgan fingerprint density at radius 2 is 1.76 bits per heavy atom. The second-order valence-corrected chi connectivity index (χ2v) is 8.45. The summed E-state index contributed by atoms with van der Waals surface area (Å²) in [6, 6.07) is 25.3. The van der Waals surface area contributed by atoms with Crippen molar-refractivity contribution >= 4 is 17.7 Å². The van der Waals surface area contributed by atoms with Gasteiger partial charge in [0.2, 0.25) is 5.91 Å². The highest BCUT2D eigenvalue weighted by molar-refractivity contribution is 7.99. The maximum atomic E-state index is 12.4. The molecule has 0 spiro atoms. The van der Waals surface area contributed by atoms with E-state index < -0.39 is 0 Å². The van der Waals surface area contributed by atoms with Crippen molar-refractivity contribution in [3.05, 3.63) is 84.4 Å². The van der Waals surface area contributed by atoms with Crippen LogP contribution in [-0.2, 0) is 4.79 Å².